The molecule has 0 radical (unpaired) electrons. The van der Waals surface area contributed by atoms with E-state index in [0.29, 0.717) is 5.75 Å². The largest absolute Gasteiger partial charge is 0.425 e. The Balaban J connectivity index is 2.60. The van der Waals surface area contributed by atoms with E-state index in [0.717, 1.165) is 11.1 Å². The standard InChI is InChI=1S/C13H14O2/c1-9-8-13(2,3)12(14)15-11-7-5-4-6-10(9)11/h4-8H,1-3H3. The van der Waals surface area contributed by atoms with Gasteiger partial charge in [-0.15, -0.1) is 0 Å². The van der Waals surface area contributed by atoms with E-state index in [1.165, 1.54) is 0 Å². The SMILES string of the molecule is CC1=CC(C)(C)C(=O)Oc2ccccc21. The minimum atomic E-state index is -0.552. The maximum atomic E-state index is 11.8. The van der Waals surface area contributed by atoms with E-state index < -0.39 is 5.41 Å². The summed E-state index contributed by atoms with van der Waals surface area (Å²) in [5, 5.41) is 0. The molecule has 15 heavy (non-hydrogen) atoms. The van der Waals surface area contributed by atoms with Crippen molar-refractivity contribution in [1.29, 1.82) is 0 Å². The first kappa shape index (κ1) is 9.97. The number of hydrogen-bond donors (Lipinski definition) is 0. The van der Waals surface area contributed by atoms with Crippen LogP contribution in [0.1, 0.15) is 26.3 Å². The number of carbonyl (C=O) groups excluding carboxylic acids is 1. The molecule has 0 spiro atoms. The molecule has 1 aromatic carbocycles. The van der Waals surface area contributed by atoms with Crippen molar-refractivity contribution in [3.8, 4) is 5.75 Å². The molecule has 0 saturated carbocycles. The van der Waals surface area contributed by atoms with Crippen molar-refractivity contribution in [2.75, 3.05) is 0 Å². The third-order valence-corrected chi connectivity index (χ3v) is 2.62. The third-order valence-electron chi connectivity index (χ3n) is 2.62. The number of esters is 1. The van der Waals surface area contributed by atoms with E-state index in [1.54, 1.807) is 0 Å². The second-order valence-corrected chi connectivity index (χ2v) is 4.43. The van der Waals surface area contributed by atoms with Gasteiger partial charge >= 0.3 is 5.97 Å². The van der Waals surface area contributed by atoms with Gasteiger partial charge in [0.15, 0.2) is 0 Å². The quantitative estimate of drug-likeness (QED) is 0.477. The van der Waals surface area contributed by atoms with Gasteiger partial charge in [-0.1, -0.05) is 24.3 Å². The predicted molar refractivity (Wildman–Crippen MR) is 59.5 cm³/mol. The van der Waals surface area contributed by atoms with E-state index in [-0.39, 0.29) is 5.97 Å². The van der Waals surface area contributed by atoms with Gasteiger partial charge in [0.25, 0.3) is 0 Å². The van der Waals surface area contributed by atoms with Crippen LogP contribution < -0.4 is 4.74 Å². The molecule has 0 saturated heterocycles. The summed E-state index contributed by atoms with van der Waals surface area (Å²) in [5.74, 6) is 0.452. The fraction of sp³-hybridized carbons (Fsp3) is 0.308. The molecule has 0 N–H and O–H groups in total. The highest BCUT2D eigenvalue weighted by atomic mass is 16.5. The summed E-state index contributed by atoms with van der Waals surface area (Å²) in [4.78, 5) is 11.8. The van der Waals surface area contributed by atoms with Gasteiger partial charge in [0, 0.05) is 5.56 Å². The summed E-state index contributed by atoms with van der Waals surface area (Å²) in [6.07, 6.45) is 1.96. The molecule has 2 heteroatoms. The van der Waals surface area contributed by atoms with Crippen LogP contribution in [0.3, 0.4) is 0 Å². The average Bonchev–Trinajstić information content (AvgIpc) is 2.24. The van der Waals surface area contributed by atoms with Crippen LogP contribution >= 0.6 is 0 Å². The van der Waals surface area contributed by atoms with E-state index in [2.05, 4.69) is 0 Å². The molecule has 0 fully saturated rings. The summed E-state index contributed by atoms with van der Waals surface area (Å²) >= 11 is 0. The molecule has 0 atom stereocenters. The van der Waals surface area contributed by atoms with Gasteiger partial charge < -0.3 is 4.74 Å². The monoisotopic (exact) mass is 202 g/mol. The first-order valence-corrected chi connectivity index (χ1v) is 5.02. The van der Waals surface area contributed by atoms with Gasteiger partial charge in [-0.3, -0.25) is 4.79 Å². The van der Waals surface area contributed by atoms with Gasteiger partial charge in [-0.2, -0.15) is 0 Å². The lowest BCUT2D eigenvalue weighted by Crippen LogP contribution is -2.26. The fourth-order valence-corrected chi connectivity index (χ4v) is 1.79. The zero-order valence-corrected chi connectivity index (χ0v) is 9.20. The number of ether oxygens (including phenoxy) is 1. The maximum absolute atomic E-state index is 11.8. The maximum Gasteiger partial charge on any atom is 0.320 e. The highest BCUT2D eigenvalue weighted by molar-refractivity contribution is 5.87. The second-order valence-electron chi connectivity index (χ2n) is 4.43. The lowest BCUT2D eigenvalue weighted by molar-refractivity contribution is -0.141. The van der Waals surface area contributed by atoms with Crippen LogP contribution in [0.25, 0.3) is 5.57 Å². The Labute approximate surface area is 89.6 Å². The van der Waals surface area contributed by atoms with Gasteiger partial charge in [-0.25, -0.2) is 0 Å². The van der Waals surface area contributed by atoms with Crippen LogP contribution in [0, 0.1) is 5.41 Å². The van der Waals surface area contributed by atoms with E-state index in [4.69, 9.17) is 4.74 Å². The molecule has 0 bridgehead atoms. The summed E-state index contributed by atoms with van der Waals surface area (Å²) < 4.78 is 5.35. The van der Waals surface area contributed by atoms with E-state index in [9.17, 15) is 4.79 Å². The van der Waals surface area contributed by atoms with Gasteiger partial charge in [0.05, 0.1) is 5.41 Å². The van der Waals surface area contributed by atoms with Gasteiger partial charge in [0.1, 0.15) is 5.75 Å². The number of allylic oxidation sites excluding steroid dienone is 1. The summed E-state index contributed by atoms with van der Waals surface area (Å²) in [6, 6.07) is 7.61. The Morgan fingerprint density at radius 1 is 1.20 bits per heavy atom. The Kier molecular flexibility index (Phi) is 2.14. The average molecular weight is 202 g/mol. The van der Waals surface area contributed by atoms with Crippen molar-refractivity contribution in [2.24, 2.45) is 5.41 Å². The Hall–Kier alpha value is -1.57. The number of hydrogen-bond acceptors (Lipinski definition) is 2. The molecule has 0 aromatic heterocycles. The van der Waals surface area contributed by atoms with Crippen LogP contribution in [0.2, 0.25) is 0 Å². The van der Waals surface area contributed by atoms with E-state index >= 15 is 0 Å². The molecular weight excluding hydrogens is 188 g/mol. The molecule has 1 heterocycles. The smallest absolute Gasteiger partial charge is 0.320 e. The van der Waals surface area contributed by atoms with Crippen LogP contribution in [0.15, 0.2) is 30.3 Å². The summed E-state index contributed by atoms with van der Waals surface area (Å²) in [6.45, 7) is 5.73. The predicted octanol–water partition coefficient (Wildman–Crippen LogP) is 3.04. The minimum Gasteiger partial charge on any atom is -0.425 e. The molecular formula is C13H14O2. The number of fused-ring (bicyclic) bond motifs is 1. The van der Waals surface area contributed by atoms with E-state index in [1.807, 2.05) is 51.1 Å². The van der Waals surface area contributed by atoms with Crippen molar-refractivity contribution >= 4 is 11.5 Å². The third kappa shape index (κ3) is 1.67. The minimum absolute atomic E-state index is 0.202. The summed E-state index contributed by atoms with van der Waals surface area (Å²) in [7, 11) is 0. The molecule has 1 aliphatic heterocycles. The van der Waals surface area contributed by atoms with Crippen LogP contribution in [0.4, 0.5) is 0 Å². The zero-order chi connectivity index (χ0) is 11.1. The van der Waals surface area contributed by atoms with Crippen molar-refractivity contribution in [3.05, 3.63) is 35.9 Å². The molecule has 0 unspecified atom stereocenters. The molecule has 2 nitrogen and oxygen atoms in total. The second kappa shape index (κ2) is 3.23. The van der Waals surface area contributed by atoms with Gasteiger partial charge in [0.2, 0.25) is 0 Å². The lowest BCUT2D eigenvalue weighted by atomic mass is 9.90. The van der Waals surface area contributed by atoms with Crippen molar-refractivity contribution in [2.45, 2.75) is 20.8 Å². The number of para-hydroxylation sites is 1. The Morgan fingerprint density at radius 2 is 1.87 bits per heavy atom. The molecule has 0 aliphatic carbocycles. The number of rotatable bonds is 0. The van der Waals surface area contributed by atoms with Crippen LogP contribution in [-0.4, -0.2) is 5.97 Å². The molecule has 1 aliphatic rings. The fourth-order valence-electron chi connectivity index (χ4n) is 1.79. The zero-order valence-electron chi connectivity index (χ0n) is 9.20. The van der Waals surface area contributed by atoms with Crippen LogP contribution in [-0.2, 0) is 4.79 Å². The Morgan fingerprint density at radius 3 is 2.60 bits per heavy atom. The first-order valence-electron chi connectivity index (χ1n) is 5.02. The Bertz CT molecular complexity index is 442. The lowest BCUT2D eigenvalue weighted by Gasteiger charge is -2.15. The first-order chi connectivity index (χ1) is 7.00. The molecule has 0 amide bonds. The topological polar surface area (TPSA) is 26.3 Å². The van der Waals surface area contributed by atoms with Gasteiger partial charge in [-0.05, 0) is 32.4 Å². The van der Waals surface area contributed by atoms with Crippen LogP contribution in [0.5, 0.6) is 5.75 Å². The normalized spacial score (nSPS) is 18.6. The highest BCUT2D eigenvalue weighted by Gasteiger charge is 2.31. The summed E-state index contributed by atoms with van der Waals surface area (Å²) in [5.41, 5.74) is 1.53. The van der Waals surface area contributed by atoms with Crippen molar-refractivity contribution in [3.63, 3.8) is 0 Å². The van der Waals surface area contributed by atoms with Crippen molar-refractivity contribution in [1.82, 2.24) is 0 Å². The number of benzene rings is 1. The molecule has 2 rings (SSSR count). The molecule has 1 aromatic rings. The molecule has 78 valence electrons. The highest BCUT2D eigenvalue weighted by Crippen LogP contribution is 2.35. The van der Waals surface area contributed by atoms with Crippen molar-refractivity contribution < 1.29 is 9.53 Å². The number of carbonyl (C=O) groups is 1.